The molecule has 1 fully saturated rings. The Kier molecular flexibility index (Phi) is 4.80. The summed E-state index contributed by atoms with van der Waals surface area (Å²) in [6, 6.07) is 10.0. The van der Waals surface area contributed by atoms with Crippen molar-refractivity contribution in [2.45, 2.75) is 44.9 Å². The SMILES string of the molecule is CC(O)CC1CCCN1C(=O)NCc1ccccc1. The Labute approximate surface area is 114 Å². The maximum absolute atomic E-state index is 12.1. The van der Waals surface area contributed by atoms with Crippen LogP contribution in [-0.2, 0) is 6.54 Å². The van der Waals surface area contributed by atoms with Crippen LogP contribution in [0.3, 0.4) is 0 Å². The first-order valence-electron chi connectivity index (χ1n) is 6.93. The van der Waals surface area contributed by atoms with E-state index >= 15 is 0 Å². The number of likely N-dealkylation sites (tertiary alicyclic amines) is 1. The van der Waals surface area contributed by atoms with Gasteiger partial charge in [-0.15, -0.1) is 0 Å². The number of aliphatic hydroxyl groups is 1. The van der Waals surface area contributed by atoms with Gasteiger partial charge in [-0.1, -0.05) is 30.3 Å². The molecule has 4 heteroatoms. The van der Waals surface area contributed by atoms with Gasteiger partial charge in [-0.25, -0.2) is 4.79 Å². The van der Waals surface area contributed by atoms with Gasteiger partial charge in [0, 0.05) is 19.1 Å². The Morgan fingerprint density at radius 1 is 1.47 bits per heavy atom. The molecule has 0 radical (unpaired) electrons. The lowest BCUT2D eigenvalue weighted by Gasteiger charge is -2.26. The number of amides is 2. The van der Waals surface area contributed by atoms with Crippen LogP contribution >= 0.6 is 0 Å². The van der Waals surface area contributed by atoms with Crippen molar-refractivity contribution in [3.05, 3.63) is 35.9 Å². The highest BCUT2D eigenvalue weighted by Gasteiger charge is 2.29. The van der Waals surface area contributed by atoms with E-state index in [9.17, 15) is 9.90 Å². The Morgan fingerprint density at radius 3 is 2.89 bits per heavy atom. The Hall–Kier alpha value is -1.55. The summed E-state index contributed by atoms with van der Waals surface area (Å²) in [5.74, 6) is 0. The number of hydrogen-bond acceptors (Lipinski definition) is 2. The third-order valence-corrected chi connectivity index (χ3v) is 3.54. The molecule has 2 amide bonds. The van der Waals surface area contributed by atoms with Crippen molar-refractivity contribution in [1.29, 1.82) is 0 Å². The summed E-state index contributed by atoms with van der Waals surface area (Å²) < 4.78 is 0. The van der Waals surface area contributed by atoms with Crippen LogP contribution in [0.2, 0.25) is 0 Å². The summed E-state index contributed by atoms with van der Waals surface area (Å²) in [6.45, 7) is 3.12. The number of carbonyl (C=O) groups is 1. The summed E-state index contributed by atoms with van der Waals surface area (Å²) in [4.78, 5) is 14.0. The van der Waals surface area contributed by atoms with Gasteiger partial charge in [0.05, 0.1) is 6.10 Å². The van der Waals surface area contributed by atoms with Crippen LogP contribution in [-0.4, -0.2) is 34.7 Å². The Bertz CT molecular complexity index is 406. The van der Waals surface area contributed by atoms with Gasteiger partial charge < -0.3 is 15.3 Å². The Balaban J connectivity index is 1.85. The minimum atomic E-state index is -0.354. The first kappa shape index (κ1) is 13.9. The molecule has 0 saturated carbocycles. The quantitative estimate of drug-likeness (QED) is 0.873. The molecule has 2 rings (SSSR count). The smallest absolute Gasteiger partial charge is 0.317 e. The summed E-state index contributed by atoms with van der Waals surface area (Å²) >= 11 is 0. The molecular weight excluding hydrogens is 240 g/mol. The van der Waals surface area contributed by atoms with Crippen molar-refractivity contribution in [2.75, 3.05) is 6.54 Å². The molecule has 104 valence electrons. The molecule has 1 aliphatic heterocycles. The lowest BCUT2D eigenvalue weighted by atomic mass is 10.1. The lowest BCUT2D eigenvalue weighted by Crippen LogP contribution is -2.43. The fourth-order valence-electron chi connectivity index (χ4n) is 2.62. The number of nitrogens with one attached hydrogen (secondary N) is 1. The van der Waals surface area contributed by atoms with E-state index in [0.717, 1.165) is 24.9 Å². The zero-order chi connectivity index (χ0) is 13.7. The van der Waals surface area contributed by atoms with E-state index in [2.05, 4.69) is 5.32 Å². The predicted molar refractivity (Wildman–Crippen MR) is 74.7 cm³/mol. The van der Waals surface area contributed by atoms with Crippen LogP contribution in [0.25, 0.3) is 0 Å². The fraction of sp³-hybridized carbons (Fsp3) is 0.533. The molecule has 0 aliphatic carbocycles. The minimum absolute atomic E-state index is 0.0213. The maximum Gasteiger partial charge on any atom is 0.317 e. The molecule has 1 heterocycles. The number of benzene rings is 1. The average molecular weight is 262 g/mol. The van der Waals surface area contributed by atoms with Gasteiger partial charge in [0.2, 0.25) is 0 Å². The standard InChI is InChI=1S/C15H22N2O2/c1-12(18)10-14-8-5-9-17(14)15(19)16-11-13-6-3-2-4-7-13/h2-4,6-7,12,14,18H,5,8-11H2,1H3,(H,16,19). The van der Waals surface area contributed by atoms with Gasteiger partial charge in [-0.05, 0) is 31.7 Å². The number of nitrogens with zero attached hydrogens (tertiary/aromatic N) is 1. The molecular formula is C15H22N2O2. The Morgan fingerprint density at radius 2 is 2.21 bits per heavy atom. The molecule has 0 bridgehead atoms. The number of carbonyl (C=O) groups excluding carboxylic acids is 1. The number of urea groups is 1. The third-order valence-electron chi connectivity index (χ3n) is 3.54. The maximum atomic E-state index is 12.1. The predicted octanol–water partition coefficient (Wildman–Crippen LogP) is 2.13. The highest BCUT2D eigenvalue weighted by Crippen LogP contribution is 2.21. The van der Waals surface area contributed by atoms with Gasteiger partial charge >= 0.3 is 6.03 Å². The monoisotopic (exact) mass is 262 g/mol. The van der Waals surface area contributed by atoms with Gasteiger partial charge in [-0.2, -0.15) is 0 Å². The highest BCUT2D eigenvalue weighted by atomic mass is 16.3. The van der Waals surface area contributed by atoms with Crippen molar-refractivity contribution < 1.29 is 9.90 Å². The van der Waals surface area contributed by atoms with Gasteiger partial charge in [0.25, 0.3) is 0 Å². The minimum Gasteiger partial charge on any atom is -0.393 e. The topological polar surface area (TPSA) is 52.6 Å². The van der Waals surface area contributed by atoms with E-state index < -0.39 is 0 Å². The van der Waals surface area contributed by atoms with Gasteiger partial charge in [0.15, 0.2) is 0 Å². The number of hydrogen-bond donors (Lipinski definition) is 2. The molecule has 0 aromatic heterocycles. The van der Waals surface area contributed by atoms with Crippen LogP contribution in [0, 0.1) is 0 Å². The van der Waals surface area contributed by atoms with E-state index in [1.54, 1.807) is 6.92 Å². The zero-order valence-corrected chi connectivity index (χ0v) is 11.4. The molecule has 1 aromatic rings. The number of rotatable bonds is 4. The normalized spacial score (nSPS) is 20.3. The molecule has 1 aliphatic rings. The van der Waals surface area contributed by atoms with Crippen LogP contribution in [0.15, 0.2) is 30.3 Å². The van der Waals surface area contributed by atoms with E-state index in [4.69, 9.17) is 0 Å². The first-order chi connectivity index (χ1) is 9.16. The molecule has 0 spiro atoms. The second kappa shape index (κ2) is 6.57. The van der Waals surface area contributed by atoms with Gasteiger partial charge in [-0.3, -0.25) is 0 Å². The second-order valence-electron chi connectivity index (χ2n) is 5.22. The fourth-order valence-corrected chi connectivity index (χ4v) is 2.62. The van der Waals surface area contributed by atoms with Crippen molar-refractivity contribution in [3.63, 3.8) is 0 Å². The van der Waals surface area contributed by atoms with Crippen molar-refractivity contribution >= 4 is 6.03 Å². The molecule has 19 heavy (non-hydrogen) atoms. The summed E-state index contributed by atoms with van der Waals surface area (Å²) in [5, 5.41) is 12.4. The highest BCUT2D eigenvalue weighted by molar-refractivity contribution is 5.74. The van der Waals surface area contributed by atoms with E-state index in [1.807, 2.05) is 35.2 Å². The lowest BCUT2D eigenvalue weighted by molar-refractivity contribution is 0.138. The third kappa shape index (κ3) is 3.96. The van der Waals surface area contributed by atoms with Crippen LogP contribution in [0.5, 0.6) is 0 Å². The van der Waals surface area contributed by atoms with Crippen LogP contribution in [0.1, 0.15) is 31.7 Å². The molecule has 1 aromatic carbocycles. The molecule has 2 N–H and O–H groups in total. The van der Waals surface area contributed by atoms with E-state index in [0.29, 0.717) is 13.0 Å². The summed E-state index contributed by atoms with van der Waals surface area (Å²) in [7, 11) is 0. The zero-order valence-electron chi connectivity index (χ0n) is 11.4. The molecule has 1 saturated heterocycles. The van der Waals surface area contributed by atoms with Crippen LogP contribution < -0.4 is 5.32 Å². The average Bonchev–Trinajstić information content (AvgIpc) is 2.84. The largest absolute Gasteiger partial charge is 0.393 e. The van der Waals surface area contributed by atoms with Crippen LogP contribution in [0.4, 0.5) is 4.79 Å². The molecule has 4 nitrogen and oxygen atoms in total. The first-order valence-corrected chi connectivity index (χ1v) is 6.93. The number of aliphatic hydroxyl groups excluding tert-OH is 1. The molecule has 2 unspecified atom stereocenters. The van der Waals surface area contributed by atoms with Crippen molar-refractivity contribution in [3.8, 4) is 0 Å². The van der Waals surface area contributed by atoms with E-state index in [1.165, 1.54) is 0 Å². The van der Waals surface area contributed by atoms with Crippen molar-refractivity contribution in [2.24, 2.45) is 0 Å². The van der Waals surface area contributed by atoms with Gasteiger partial charge in [0.1, 0.15) is 0 Å². The summed E-state index contributed by atoms with van der Waals surface area (Å²) in [6.07, 6.45) is 2.32. The summed E-state index contributed by atoms with van der Waals surface area (Å²) in [5.41, 5.74) is 1.10. The molecule has 2 atom stereocenters. The van der Waals surface area contributed by atoms with E-state index in [-0.39, 0.29) is 18.2 Å². The second-order valence-corrected chi connectivity index (χ2v) is 5.22. The van der Waals surface area contributed by atoms with Crippen molar-refractivity contribution in [1.82, 2.24) is 10.2 Å².